The fourth-order valence-corrected chi connectivity index (χ4v) is 4.06. The number of ketones is 1. The number of hydrogen-bond donors (Lipinski definition) is 0. The SMILES string of the molecule is COC(=O)[C@]1(Sc2ccccc2)CCc2ccccc2C1=O. The number of carbonyl (C=O) groups is 2. The van der Waals surface area contributed by atoms with Gasteiger partial charge in [-0.25, -0.2) is 0 Å². The van der Waals surface area contributed by atoms with Crippen LogP contribution in [0.1, 0.15) is 22.3 Å². The zero-order valence-corrected chi connectivity index (χ0v) is 13.1. The number of hydrogen-bond acceptors (Lipinski definition) is 4. The van der Waals surface area contributed by atoms with Gasteiger partial charge in [0.25, 0.3) is 0 Å². The lowest BCUT2D eigenvalue weighted by atomic mass is 9.82. The lowest BCUT2D eigenvalue weighted by Gasteiger charge is -2.33. The summed E-state index contributed by atoms with van der Waals surface area (Å²) >= 11 is 1.29. The Morgan fingerprint density at radius 1 is 1.09 bits per heavy atom. The van der Waals surface area contributed by atoms with Gasteiger partial charge in [-0.3, -0.25) is 9.59 Å². The number of ether oxygens (including phenoxy) is 1. The van der Waals surface area contributed by atoms with E-state index in [-0.39, 0.29) is 5.78 Å². The Balaban J connectivity index is 2.05. The topological polar surface area (TPSA) is 43.4 Å². The van der Waals surface area contributed by atoms with E-state index in [1.165, 1.54) is 18.9 Å². The first-order chi connectivity index (χ1) is 10.7. The first-order valence-electron chi connectivity index (χ1n) is 7.12. The Bertz CT molecular complexity index is 711. The standard InChI is InChI=1S/C18H16O3S/c1-21-17(20)18(22-14-8-3-2-4-9-14)12-11-13-7-5-6-10-15(13)16(18)19/h2-10H,11-12H2,1H3/t18-/m0/s1. The van der Waals surface area contributed by atoms with Crippen molar-refractivity contribution < 1.29 is 14.3 Å². The maximum Gasteiger partial charge on any atom is 0.330 e. The largest absolute Gasteiger partial charge is 0.468 e. The molecule has 0 N–H and O–H groups in total. The van der Waals surface area contributed by atoms with Crippen molar-refractivity contribution in [2.24, 2.45) is 0 Å². The van der Waals surface area contributed by atoms with E-state index in [0.29, 0.717) is 18.4 Å². The highest BCUT2D eigenvalue weighted by atomic mass is 32.2. The van der Waals surface area contributed by atoms with Crippen LogP contribution in [0.5, 0.6) is 0 Å². The molecule has 22 heavy (non-hydrogen) atoms. The van der Waals surface area contributed by atoms with Crippen LogP contribution in [-0.4, -0.2) is 23.6 Å². The second kappa shape index (κ2) is 5.97. The van der Waals surface area contributed by atoms with E-state index < -0.39 is 10.7 Å². The van der Waals surface area contributed by atoms with Crippen molar-refractivity contribution in [3.8, 4) is 0 Å². The average Bonchev–Trinajstić information content (AvgIpc) is 2.58. The summed E-state index contributed by atoms with van der Waals surface area (Å²) in [6.45, 7) is 0. The molecule has 3 rings (SSSR count). The fraction of sp³-hybridized carbons (Fsp3) is 0.222. The zero-order valence-electron chi connectivity index (χ0n) is 12.2. The van der Waals surface area contributed by atoms with E-state index in [9.17, 15) is 9.59 Å². The zero-order chi connectivity index (χ0) is 15.6. The third-order valence-electron chi connectivity index (χ3n) is 3.93. The van der Waals surface area contributed by atoms with Gasteiger partial charge in [-0.1, -0.05) is 54.2 Å². The summed E-state index contributed by atoms with van der Waals surface area (Å²) in [5.41, 5.74) is 1.63. The summed E-state index contributed by atoms with van der Waals surface area (Å²) in [6, 6.07) is 17.0. The molecule has 1 aliphatic carbocycles. The molecule has 112 valence electrons. The number of carbonyl (C=O) groups excluding carboxylic acids is 2. The van der Waals surface area contributed by atoms with Crippen LogP contribution in [0.2, 0.25) is 0 Å². The van der Waals surface area contributed by atoms with E-state index in [0.717, 1.165) is 10.5 Å². The number of thioether (sulfide) groups is 1. The molecule has 0 heterocycles. The van der Waals surface area contributed by atoms with E-state index in [2.05, 4.69) is 0 Å². The average molecular weight is 312 g/mol. The molecule has 0 fully saturated rings. The Labute approximate surface area is 133 Å². The van der Waals surface area contributed by atoms with Crippen LogP contribution >= 0.6 is 11.8 Å². The first-order valence-corrected chi connectivity index (χ1v) is 7.94. The summed E-state index contributed by atoms with van der Waals surface area (Å²) in [7, 11) is 1.34. The van der Waals surface area contributed by atoms with Gasteiger partial charge in [0.15, 0.2) is 10.5 Å². The van der Waals surface area contributed by atoms with Crippen LogP contribution in [0.25, 0.3) is 0 Å². The van der Waals surface area contributed by atoms with Crippen molar-refractivity contribution in [1.29, 1.82) is 0 Å². The summed E-state index contributed by atoms with van der Waals surface area (Å²) in [5, 5.41) is 0. The number of rotatable bonds is 3. The third kappa shape index (κ3) is 2.44. The molecule has 0 aliphatic heterocycles. The van der Waals surface area contributed by atoms with Crippen LogP contribution in [0.15, 0.2) is 59.5 Å². The number of methoxy groups -OCH3 is 1. The first kappa shape index (κ1) is 14.9. The number of benzene rings is 2. The van der Waals surface area contributed by atoms with Crippen molar-refractivity contribution in [2.75, 3.05) is 7.11 Å². The highest BCUT2D eigenvalue weighted by Crippen LogP contribution is 2.43. The number of fused-ring (bicyclic) bond motifs is 1. The number of aryl methyl sites for hydroxylation is 1. The van der Waals surface area contributed by atoms with Gasteiger partial charge in [-0.05, 0) is 30.5 Å². The molecule has 3 nitrogen and oxygen atoms in total. The van der Waals surface area contributed by atoms with Crippen LogP contribution in [0.4, 0.5) is 0 Å². The molecule has 1 aliphatic rings. The van der Waals surface area contributed by atoms with Gasteiger partial charge in [-0.15, -0.1) is 0 Å². The van der Waals surface area contributed by atoms with Gasteiger partial charge < -0.3 is 4.74 Å². The summed E-state index contributed by atoms with van der Waals surface area (Å²) in [6.07, 6.45) is 1.14. The van der Waals surface area contributed by atoms with Crippen LogP contribution in [-0.2, 0) is 16.0 Å². The van der Waals surface area contributed by atoms with Gasteiger partial charge >= 0.3 is 5.97 Å². The van der Waals surface area contributed by atoms with E-state index in [4.69, 9.17) is 4.74 Å². The molecule has 0 amide bonds. The number of esters is 1. The maximum atomic E-state index is 13.0. The van der Waals surface area contributed by atoms with E-state index in [1.54, 1.807) is 6.07 Å². The monoisotopic (exact) mass is 312 g/mol. The quantitative estimate of drug-likeness (QED) is 0.642. The third-order valence-corrected chi connectivity index (χ3v) is 5.34. The summed E-state index contributed by atoms with van der Waals surface area (Å²) in [4.78, 5) is 26.4. The van der Waals surface area contributed by atoms with Gasteiger partial charge in [-0.2, -0.15) is 0 Å². The van der Waals surface area contributed by atoms with Crippen molar-refractivity contribution in [2.45, 2.75) is 22.5 Å². The second-order valence-electron chi connectivity index (χ2n) is 5.22. The smallest absolute Gasteiger partial charge is 0.330 e. The summed E-state index contributed by atoms with van der Waals surface area (Å²) < 4.78 is 3.78. The molecule has 0 saturated carbocycles. The molecule has 4 heteroatoms. The molecule has 0 spiro atoms. The fourth-order valence-electron chi connectivity index (χ4n) is 2.79. The van der Waals surface area contributed by atoms with Crippen LogP contribution in [0, 0.1) is 0 Å². The molecule has 0 saturated heterocycles. The molecule has 1 atom stereocenters. The number of Topliss-reactive ketones (excluding diaryl/α,β-unsaturated/α-hetero) is 1. The molecule has 0 unspecified atom stereocenters. The van der Waals surface area contributed by atoms with Gasteiger partial charge in [0.05, 0.1) is 7.11 Å². The maximum absolute atomic E-state index is 13.0. The van der Waals surface area contributed by atoms with Gasteiger partial charge in [0.2, 0.25) is 0 Å². The van der Waals surface area contributed by atoms with Crippen molar-refractivity contribution in [3.05, 3.63) is 65.7 Å². The lowest BCUT2D eigenvalue weighted by molar-refractivity contribution is -0.142. The van der Waals surface area contributed by atoms with Crippen molar-refractivity contribution >= 4 is 23.5 Å². The Kier molecular flexibility index (Phi) is 4.03. The molecular weight excluding hydrogens is 296 g/mol. The normalized spacial score (nSPS) is 20.3. The Hall–Kier alpha value is -2.07. The minimum atomic E-state index is -1.19. The molecule has 0 bridgehead atoms. The highest BCUT2D eigenvalue weighted by Gasteiger charge is 2.50. The molecular formula is C18H16O3S. The predicted octanol–water partition coefficient (Wildman–Crippen LogP) is 3.52. The minimum absolute atomic E-state index is 0.157. The van der Waals surface area contributed by atoms with E-state index >= 15 is 0 Å². The minimum Gasteiger partial charge on any atom is -0.468 e. The molecule has 0 aromatic heterocycles. The second-order valence-corrected chi connectivity index (χ2v) is 6.59. The Morgan fingerprint density at radius 2 is 1.77 bits per heavy atom. The molecule has 2 aromatic carbocycles. The Morgan fingerprint density at radius 3 is 2.50 bits per heavy atom. The molecule has 2 aromatic rings. The van der Waals surface area contributed by atoms with Gasteiger partial charge in [0.1, 0.15) is 0 Å². The molecule has 0 radical (unpaired) electrons. The summed E-state index contributed by atoms with van der Waals surface area (Å²) in [5.74, 6) is -0.629. The van der Waals surface area contributed by atoms with E-state index in [1.807, 2.05) is 48.5 Å². The van der Waals surface area contributed by atoms with Crippen molar-refractivity contribution in [3.63, 3.8) is 0 Å². The predicted molar refractivity (Wildman–Crippen MR) is 86.1 cm³/mol. The lowest BCUT2D eigenvalue weighted by Crippen LogP contribution is -2.47. The highest BCUT2D eigenvalue weighted by molar-refractivity contribution is 8.02. The van der Waals surface area contributed by atoms with Crippen LogP contribution in [0.3, 0.4) is 0 Å². The van der Waals surface area contributed by atoms with Gasteiger partial charge in [0, 0.05) is 10.5 Å². The van der Waals surface area contributed by atoms with Crippen LogP contribution < -0.4 is 0 Å². The van der Waals surface area contributed by atoms with Crippen molar-refractivity contribution in [1.82, 2.24) is 0 Å².